The van der Waals surface area contributed by atoms with Crippen LogP contribution in [0.1, 0.15) is 52.3 Å². The van der Waals surface area contributed by atoms with E-state index >= 15 is 0 Å². The molecule has 0 N–H and O–H groups in total. The Morgan fingerprint density at radius 3 is 2.84 bits per heavy atom. The molecule has 1 heterocycles. The average molecular weight is 265 g/mol. The summed E-state index contributed by atoms with van der Waals surface area (Å²) >= 11 is 0. The third-order valence-electron chi connectivity index (χ3n) is 2.77. The fourth-order valence-corrected chi connectivity index (χ4v) is 1.81. The second-order valence-electron chi connectivity index (χ2n) is 3.99. The minimum Gasteiger partial charge on any atom is -0.458 e. The van der Waals surface area contributed by atoms with Crippen LogP contribution in [-0.2, 0) is 4.74 Å². The van der Waals surface area contributed by atoms with E-state index in [1.807, 2.05) is 30.3 Å². The van der Waals surface area contributed by atoms with Gasteiger partial charge in [-0.2, -0.15) is 0 Å². The van der Waals surface area contributed by atoms with Crippen molar-refractivity contribution in [1.29, 1.82) is 0 Å². The molecule has 2 aromatic rings. The van der Waals surface area contributed by atoms with Crippen LogP contribution in [0, 0.1) is 0 Å². The van der Waals surface area contributed by atoms with E-state index in [-0.39, 0.29) is 11.7 Å². The van der Waals surface area contributed by atoms with Crippen LogP contribution in [0.3, 0.4) is 0 Å². The third kappa shape index (κ3) is 3.02. The molecule has 0 aliphatic heterocycles. The van der Waals surface area contributed by atoms with Gasteiger partial charge in [-0.15, -0.1) is 0 Å². The van der Waals surface area contributed by atoms with Crippen molar-refractivity contribution >= 4 is 5.97 Å². The molecular weight excluding hydrogens is 240 g/mol. The molecule has 0 radical (unpaired) electrons. The Balaban J connectivity index is 2.36. The number of nitrogens with zero attached hydrogens (tertiary/aromatic N) is 2. The van der Waals surface area contributed by atoms with Crippen LogP contribution < -0.4 is 0 Å². The molecule has 1 aromatic carbocycles. The Bertz CT molecular complexity index is 754. The summed E-state index contributed by atoms with van der Waals surface area (Å²) in [5.41, 5.74) is 0.704. The Hall–Kier alpha value is -2.10. The number of ether oxygens (including phenoxy) is 1. The average Bonchev–Trinajstić information content (AvgIpc) is 3.02. The molecule has 4 nitrogen and oxygen atoms in total. The predicted molar refractivity (Wildman–Crippen MR) is 73.0 cm³/mol. The van der Waals surface area contributed by atoms with Gasteiger partial charge in [-0.3, -0.25) is 0 Å². The number of hydrogen-bond acceptors (Lipinski definition) is 3. The van der Waals surface area contributed by atoms with E-state index < -0.39 is 25.8 Å². The number of esters is 1. The maximum absolute atomic E-state index is 12.5. The van der Waals surface area contributed by atoms with E-state index in [9.17, 15) is 4.79 Å². The van der Waals surface area contributed by atoms with Crippen molar-refractivity contribution in [2.75, 3.05) is 0 Å². The molecule has 0 fully saturated rings. The van der Waals surface area contributed by atoms with Crippen molar-refractivity contribution in [3.8, 4) is 0 Å². The molecule has 0 bridgehead atoms. The standard InChI is InChI=1S/C15H18N2O2/c1-11(2)19-15(18)14-9-16-10-17(14)12(3)13-7-5-4-6-8-13/h4-12H,1-3H3/t12-/m1/s1/i1D3,2D3,11D. The molecule has 0 saturated heterocycles. The lowest BCUT2D eigenvalue weighted by molar-refractivity contribution is 0.0364. The van der Waals surface area contributed by atoms with Crippen LogP contribution in [0.4, 0.5) is 0 Å². The fraction of sp³-hybridized carbons (Fsp3) is 0.333. The van der Waals surface area contributed by atoms with E-state index in [0.717, 1.165) is 11.8 Å². The molecule has 100 valence electrons. The molecule has 1 atom stereocenters. The van der Waals surface area contributed by atoms with Crippen molar-refractivity contribution in [3.63, 3.8) is 0 Å². The van der Waals surface area contributed by atoms with E-state index in [0.29, 0.717) is 0 Å². The van der Waals surface area contributed by atoms with Crippen LogP contribution in [-0.4, -0.2) is 21.6 Å². The maximum atomic E-state index is 12.5. The number of rotatable bonds is 4. The molecule has 0 aliphatic carbocycles. The zero-order valence-electron chi connectivity index (χ0n) is 17.3. The van der Waals surface area contributed by atoms with Crippen molar-refractivity contribution in [1.82, 2.24) is 9.55 Å². The molecule has 0 unspecified atom stereocenters. The van der Waals surface area contributed by atoms with Crippen LogP contribution in [0.25, 0.3) is 0 Å². The molecule has 0 aliphatic rings. The van der Waals surface area contributed by atoms with E-state index in [1.54, 1.807) is 6.92 Å². The zero-order chi connectivity index (χ0) is 19.8. The van der Waals surface area contributed by atoms with Crippen LogP contribution >= 0.6 is 0 Å². The second-order valence-corrected chi connectivity index (χ2v) is 3.99. The first-order valence-corrected chi connectivity index (χ1v) is 5.68. The lowest BCUT2D eigenvalue weighted by Crippen LogP contribution is -2.18. The van der Waals surface area contributed by atoms with Crippen molar-refractivity contribution in [2.45, 2.75) is 32.7 Å². The SMILES string of the molecule is [2H]C([2H])([2H])C([2H])(OC(=O)c1cncn1[C@H](C)c1ccccc1)C([2H])([2H])[2H]. The Morgan fingerprint density at radius 1 is 1.42 bits per heavy atom. The molecule has 0 amide bonds. The van der Waals surface area contributed by atoms with Crippen molar-refractivity contribution < 1.29 is 19.1 Å². The van der Waals surface area contributed by atoms with Crippen molar-refractivity contribution in [3.05, 3.63) is 54.1 Å². The molecule has 2 rings (SSSR count). The quantitative estimate of drug-likeness (QED) is 0.798. The van der Waals surface area contributed by atoms with Gasteiger partial charge in [0.2, 0.25) is 0 Å². The van der Waals surface area contributed by atoms with Gasteiger partial charge in [0, 0.05) is 8.22 Å². The largest absolute Gasteiger partial charge is 0.458 e. The monoisotopic (exact) mass is 265 g/mol. The first-order valence-electron chi connectivity index (χ1n) is 9.18. The summed E-state index contributed by atoms with van der Waals surface area (Å²) in [6.07, 6.45) is -0.895. The van der Waals surface area contributed by atoms with Gasteiger partial charge in [-0.1, -0.05) is 30.3 Å². The summed E-state index contributed by atoms with van der Waals surface area (Å²) in [6.45, 7) is -4.93. The minimum atomic E-state index is -3.39. The number of aromatic nitrogens is 2. The Labute approximate surface area is 122 Å². The summed E-state index contributed by atoms with van der Waals surface area (Å²) in [4.78, 5) is 16.3. The van der Waals surface area contributed by atoms with Gasteiger partial charge in [-0.25, -0.2) is 9.78 Å². The topological polar surface area (TPSA) is 44.1 Å². The lowest BCUT2D eigenvalue weighted by atomic mass is 10.1. The second kappa shape index (κ2) is 5.69. The first kappa shape index (κ1) is 6.89. The smallest absolute Gasteiger partial charge is 0.356 e. The summed E-state index contributed by atoms with van der Waals surface area (Å²) in [7, 11) is 0. The number of imidazole rings is 1. The number of benzene rings is 1. The van der Waals surface area contributed by atoms with E-state index in [1.165, 1.54) is 10.9 Å². The van der Waals surface area contributed by atoms with Gasteiger partial charge in [-0.05, 0) is 26.2 Å². The molecule has 4 heteroatoms. The molecule has 0 saturated carbocycles. The highest BCUT2D eigenvalue weighted by atomic mass is 16.5. The van der Waals surface area contributed by atoms with Gasteiger partial charge >= 0.3 is 5.97 Å². The highest BCUT2D eigenvalue weighted by molar-refractivity contribution is 5.87. The highest BCUT2D eigenvalue weighted by Gasteiger charge is 2.18. The fourth-order valence-electron chi connectivity index (χ4n) is 1.81. The molecule has 19 heavy (non-hydrogen) atoms. The number of carbonyl (C=O) groups excluding carboxylic acids is 1. The number of hydrogen-bond donors (Lipinski definition) is 0. The van der Waals surface area contributed by atoms with Gasteiger partial charge in [0.1, 0.15) is 5.69 Å². The van der Waals surface area contributed by atoms with Crippen LogP contribution in [0.15, 0.2) is 42.9 Å². The summed E-state index contributed by atoms with van der Waals surface area (Å²) < 4.78 is 57.8. The first-order chi connectivity index (χ1) is 11.9. The van der Waals surface area contributed by atoms with Crippen molar-refractivity contribution in [2.24, 2.45) is 0 Å². The molecular formula is C15H18N2O2. The van der Waals surface area contributed by atoms with E-state index in [2.05, 4.69) is 9.72 Å². The van der Waals surface area contributed by atoms with Gasteiger partial charge in [0.15, 0.2) is 0 Å². The highest BCUT2D eigenvalue weighted by Crippen LogP contribution is 2.19. The minimum absolute atomic E-state index is 0.147. The van der Waals surface area contributed by atoms with Crippen LogP contribution in [0.5, 0.6) is 0 Å². The molecule has 0 spiro atoms. The summed E-state index contributed by atoms with van der Waals surface area (Å²) in [6, 6.07) is 8.79. The zero-order valence-corrected chi connectivity index (χ0v) is 10.3. The Morgan fingerprint density at radius 2 is 2.16 bits per heavy atom. The predicted octanol–water partition coefficient (Wildman–Crippen LogP) is 3.06. The third-order valence-corrected chi connectivity index (χ3v) is 2.77. The van der Waals surface area contributed by atoms with Crippen LogP contribution in [0.2, 0.25) is 0 Å². The number of carbonyl (C=O) groups is 1. The molecule has 1 aromatic heterocycles. The Kier molecular flexibility index (Phi) is 2.06. The summed E-state index contributed by atoms with van der Waals surface area (Å²) in [5, 5.41) is 0. The van der Waals surface area contributed by atoms with Gasteiger partial charge in [0.25, 0.3) is 0 Å². The lowest BCUT2D eigenvalue weighted by Gasteiger charge is -2.17. The maximum Gasteiger partial charge on any atom is 0.356 e. The van der Waals surface area contributed by atoms with Gasteiger partial charge < -0.3 is 9.30 Å². The summed E-state index contributed by atoms with van der Waals surface area (Å²) in [5.74, 6) is -1.24. The van der Waals surface area contributed by atoms with Gasteiger partial charge in [0.05, 0.1) is 26.0 Å². The van der Waals surface area contributed by atoms with E-state index in [4.69, 9.17) is 9.60 Å². The normalized spacial score (nSPS) is 19.7.